The molecule has 1 N–H and O–H groups in total. The lowest BCUT2D eigenvalue weighted by Crippen LogP contribution is -2.30. The van der Waals surface area contributed by atoms with Crippen LogP contribution >= 0.6 is 11.8 Å². The molecule has 1 aromatic rings. The number of nitrogens with one attached hydrogen (secondary N) is 1. The molecule has 5 heteroatoms. The average molecular weight is 243 g/mol. The molecule has 0 fully saturated rings. The highest BCUT2D eigenvalue weighted by Gasteiger charge is 2.11. The molecule has 0 saturated carbocycles. The molecule has 4 nitrogen and oxygen atoms in total. The fourth-order valence-corrected chi connectivity index (χ4v) is 2.20. The van der Waals surface area contributed by atoms with Crippen LogP contribution in [0, 0.1) is 0 Å². The van der Waals surface area contributed by atoms with Crippen LogP contribution in [0.1, 0.15) is 18.4 Å². The van der Waals surface area contributed by atoms with Crippen LogP contribution in [-0.2, 0) is 13.1 Å². The Morgan fingerprint density at radius 2 is 2.38 bits per heavy atom. The summed E-state index contributed by atoms with van der Waals surface area (Å²) in [6, 6.07) is 2.56. The minimum Gasteiger partial charge on any atom is -0.360 e. The van der Waals surface area contributed by atoms with Crippen LogP contribution < -0.4 is 5.32 Å². The van der Waals surface area contributed by atoms with Gasteiger partial charge in [0.05, 0.1) is 12.2 Å². The number of nitrogens with zero attached hydrogens (tertiary/aromatic N) is 2. The summed E-state index contributed by atoms with van der Waals surface area (Å²) in [5.41, 5.74) is 0.961. The van der Waals surface area contributed by atoms with Crippen LogP contribution in [0.4, 0.5) is 0 Å². The molecule has 0 aliphatic rings. The predicted molar refractivity (Wildman–Crippen MR) is 68.6 cm³/mol. The first-order chi connectivity index (χ1) is 7.67. The molecule has 1 heterocycles. The van der Waals surface area contributed by atoms with Crippen molar-refractivity contribution in [3.8, 4) is 0 Å². The Hall–Kier alpha value is -0.520. The molecule has 0 aromatic carbocycles. The Balaban J connectivity index is 2.45. The summed E-state index contributed by atoms with van der Waals surface area (Å²) in [7, 11) is 4.02. The highest BCUT2D eigenvalue weighted by molar-refractivity contribution is 7.98. The normalized spacial score (nSPS) is 13.3. The standard InChI is InChI=1S/C11H21N3OS/c1-9(8-16-4)14(3)7-11-5-10(6-12-2)13-15-11/h5,9,12H,6-8H2,1-4H3. The summed E-state index contributed by atoms with van der Waals surface area (Å²) in [5, 5.41) is 7.05. The van der Waals surface area contributed by atoms with Gasteiger partial charge in [-0.1, -0.05) is 5.16 Å². The van der Waals surface area contributed by atoms with Crippen molar-refractivity contribution in [3.05, 3.63) is 17.5 Å². The van der Waals surface area contributed by atoms with E-state index in [1.54, 1.807) is 0 Å². The van der Waals surface area contributed by atoms with Crippen LogP contribution in [-0.4, -0.2) is 42.2 Å². The van der Waals surface area contributed by atoms with E-state index in [1.807, 2.05) is 24.9 Å². The third-order valence-corrected chi connectivity index (χ3v) is 3.35. The topological polar surface area (TPSA) is 41.3 Å². The van der Waals surface area contributed by atoms with Gasteiger partial charge in [0, 0.05) is 24.4 Å². The van der Waals surface area contributed by atoms with Gasteiger partial charge in [0.2, 0.25) is 0 Å². The molecule has 0 aliphatic carbocycles. The third-order valence-electron chi connectivity index (χ3n) is 2.53. The number of hydrogen-bond acceptors (Lipinski definition) is 5. The van der Waals surface area contributed by atoms with E-state index in [-0.39, 0.29) is 0 Å². The summed E-state index contributed by atoms with van der Waals surface area (Å²) in [4.78, 5) is 2.28. The fraction of sp³-hybridized carbons (Fsp3) is 0.727. The van der Waals surface area contributed by atoms with Gasteiger partial charge in [-0.25, -0.2) is 0 Å². The minimum atomic E-state index is 0.549. The number of thioether (sulfide) groups is 1. The van der Waals surface area contributed by atoms with Crippen LogP contribution in [0.15, 0.2) is 10.6 Å². The summed E-state index contributed by atoms with van der Waals surface area (Å²) in [5.74, 6) is 2.06. The molecule has 0 bridgehead atoms. The van der Waals surface area contributed by atoms with E-state index in [0.29, 0.717) is 6.04 Å². The van der Waals surface area contributed by atoms with Crippen molar-refractivity contribution in [3.63, 3.8) is 0 Å². The van der Waals surface area contributed by atoms with E-state index in [2.05, 4.69) is 35.6 Å². The second kappa shape index (κ2) is 6.93. The maximum absolute atomic E-state index is 5.28. The average Bonchev–Trinajstić information content (AvgIpc) is 2.66. The van der Waals surface area contributed by atoms with Crippen LogP contribution in [0.5, 0.6) is 0 Å². The zero-order valence-electron chi connectivity index (χ0n) is 10.5. The van der Waals surface area contributed by atoms with Crippen molar-refractivity contribution in [2.45, 2.75) is 26.1 Å². The molecular formula is C11H21N3OS. The molecule has 1 aromatic heterocycles. The van der Waals surface area contributed by atoms with Crippen molar-refractivity contribution in [1.29, 1.82) is 0 Å². The second-order valence-corrected chi connectivity index (χ2v) is 4.95. The van der Waals surface area contributed by atoms with Gasteiger partial charge in [0.25, 0.3) is 0 Å². The van der Waals surface area contributed by atoms with Crippen molar-refractivity contribution in [2.75, 3.05) is 26.1 Å². The van der Waals surface area contributed by atoms with Gasteiger partial charge >= 0.3 is 0 Å². The number of rotatable bonds is 7. The lowest BCUT2D eigenvalue weighted by atomic mass is 10.3. The predicted octanol–water partition coefficient (Wildman–Crippen LogP) is 1.58. The lowest BCUT2D eigenvalue weighted by Gasteiger charge is -2.22. The Bertz CT molecular complexity index is 303. The fourth-order valence-electron chi connectivity index (χ4n) is 1.46. The Labute approximate surface area is 102 Å². The van der Waals surface area contributed by atoms with E-state index in [9.17, 15) is 0 Å². The first-order valence-corrected chi connectivity index (χ1v) is 6.85. The van der Waals surface area contributed by atoms with Crippen LogP contribution in [0.25, 0.3) is 0 Å². The molecule has 0 aliphatic heterocycles. The van der Waals surface area contributed by atoms with Crippen molar-refractivity contribution in [2.24, 2.45) is 0 Å². The smallest absolute Gasteiger partial charge is 0.151 e. The molecule has 92 valence electrons. The zero-order valence-corrected chi connectivity index (χ0v) is 11.3. The maximum atomic E-state index is 5.28. The Morgan fingerprint density at radius 3 is 3.00 bits per heavy atom. The molecule has 0 saturated heterocycles. The van der Waals surface area contributed by atoms with Gasteiger partial charge in [-0.3, -0.25) is 4.90 Å². The lowest BCUT2D eigenvalue weighted by molar-refractivity contribution is 0.233. The molecule has 0 spiro atoms. The van der Waals surface area contributed by atoms with Gasteiger partial charge in [-0.2, -0.15) is 11.8 Å². The van der Waals surface area contributed by atoms with Gasteiger partial charge in [-0.15, -0.1) is 0 Å². The quantitative estimate of drug-likeness (QED) is 0.787. The molecule has 1 unspecified atom stereocenters. The van der Waals surface area contributed by atoms with Gasteiger partial charge < -0.3 is 9.84 Å². The van der Waals surface area contributed by atoms with Gasteiger partial charge in [-0.05, 0) is 27.3 Å². The minimum absolute atomic E-state index is 0.549. The Morgan fingerprint density at radius 1 is 1.62 bits per heavy atom. The van der Waals surface area contributed by atoms with Crippen LogP contribution in [0.2, 0.25) is 0 Å². The Kier molecular flexibility index (Phi) is 5.87. The number of aromatic nitrogens is 1. The molecule has 0 radical (unpaired) electrons. The van der Waals surface area contributed by atoms with E-state index < -0.39 is 0 Å². The highest BCUT2D eigenvalue weighted by Crippen LogP contribution is 2.10. The van der Waals surface area contributed by atoms with E-state index >= 15 is 0 Å². The van der Waals surface area contributed by atoms with Crippen molar-refractivity contribution >= 4 is 11.8 Å². The van der Waals surface area contributed by atoms with Crippen LogP contribution in [0.3, 0.4) is 0 Å². The summed E-state index contributed by atoms with van der Waals surface area (Å²) in [6.07, 6.45) is 2.13. The van der Waals surface area contributed by atoms with Crippen molar-refractivity contribution in [1.82, 2.24) is 15.4 Å². The maximum Gasteiger partial charge on any atom is 0.151 e. The first kappa shape index (κ1) is 13.5. The second-order valence-electron chi connectivity index (χ2n) is 4.03. The molecule has 1 atom stereocenters. The first-order valence-electron chi connectivity index (χ1n) is 5.45. The summed E-state index contributed by atoms with van der Waals surface area (Å²) in [6.45, 7) is 3.80. The summed E-state index contributed by atoms with van der Waals surface area (Å²) < 4.78 is 5.28. The van der Waals surface area contributed by atoms with E-state index in [1.165, 1.54) is 0 Å². The SMILES string of the molecule is CNCc1cc(CN(C)C(C)CSC)on1. The van der Waals surface area contributed by atoms with Gasteiger partial charge in [0.15, 0.2) is 5.76 Å². The third kappa shape index (κ3) is 4.15. The van der Waals surface area contributed by atoms with Crippen molar-refractivity contribution < 1.29 is 4.52 Å². The molecular weight excluding hydrogens is 222 g/mol. The van der Waals surface area contributed by atoms with E-state index in [0.717, 1.165) is 30.3 Å². The van der Waals surface area contributed by atoms with E-state index in [4.69, 9.17) is 4.52 Å². The summed E-state index contributed by atoms with van der Waals surface area (Å²) >= 11 is 1.86. The molecule has 16 heavy (non-hydrogen) atoms. The number of hydrogen-bond donors (Lipinski definition) is 1. The zero-order chi connectivity index (χ0) is 12.0. The molecule has 0 amide bonds. The monoisotopic (exact) mass is 243 g/mol. The van der Waals surface area contributed by atoms with Gasteiger partial charge in [0.1, 0.15) is 0 Å². The molecule has 1 rings (SSSR count). The highest BCUT2D eigenvalue weighted by atomic mass is 32.2. The largest absolute Gasteiger partial charge is 0.360 e.